The lowest BCUT2D eigenvalue weighted by molar-refractivity contribution is 0.0480. The molecule has 1 aromatic rings. The van der Waals surface area contributed by atoms with Crippen LogP contribution in [0.25, 0.3) is 0 Å². The highest BCUT2D eigenvalue weighted by molar-refractivity contribution is 7.53. The van der Waals surface area contributed by atoms with Crippen molar-refractivity contribution in [2.75, 3.05) is 12.8 Å². The first kappa shape index (κ1) is 20.9. The van der Waals surface area contributed by atoms with Crippen molar-refractivity contribution >= 4 is 13.9 Å². The molecule has 0 radical (unpaired) electrons. The number of aryl methyl sites for hydroxylation is 1. The Hall–Kier alpha value is -1.16. The Labute approximate surface area is 145 Å². The normalized spacial score (nSPS) is 13.0. The van der Waals surface area contributed by atoms with Gasteiger partial charge in [-0.05, 0) is 60.1 Å². The molecule has 0 aliphatic carbocycles. The Kier molecular flexibility index (Phi) is 6.80. The van der Waals surface area contributed by atoms with E-state index in [1.807, 2.05) is 54.5 Å². The SMILES string of the molecule is Cc1ccc(C=O)cc1OCCP(=O)(OC(C)(C)C)OC(C)(C)C. The van der Waals surface area contributed by atoms with Crippen LogP contribution in [0.1, 0.15) is 57.5 Å². The second kappa shape index (κ2) is 7.81. The van der Waals surface area contributed by atoms with Gasteiger partial charge in [0.05, 0.1) is 24.0 Å². The van der Waals surface area contributed by atoms with E-state index >= 15 is 0 Å². The van der Waals surface area contributed by atoms with Crippen LogP contribution in [0.5, 0.6) is 5.75 Å². The molecule has 0 unspecified atom stereocenters. The predicted octanol–water partition coefficient (Wildman–Crippen LogP) is 5.01. The number of aldehydes is 1. The summed E-state index contributed by atoms with van der Waals surface area (Å²) in [7, 11) is -3.33. The van der Waals surface area contributed by atoms with Gasteiger partial charge in [-0.3, -0.25) is 9.36 Å². The lowest BCUT2D eigenvalue weighted by Gasteiger charge is -2.32. The van der Waals surface area contributed by atoms with Gasteiger partial charge in [-0.2, -0.15) is 0 Å². The van der Waals surface area contributed by atoms with Crippen molar-refractivity contribution in [3.05, 3.63) is 29.3 Å². The van der Waals surface area contributed by atoms with Gasteiger partial charge in [0.1, 0.15) is 12.0 Å². The molecule has 0 aromatic heterocycles. The van der Waals surface area contributed by atoms with E-state index < -0.39 is 18.8 Å². The number of benzene rings is 1. The molecule has 0 saturated heterocycles. The maximum atomic E-state index is 13.1. The first-order valence-electron chi connectivity index (χ1n) is 8.03. The summed E-state index contributed by atoms with van der Waals surface area (Å²) in [6.45, 7) is 13.1. The van der Waals surface area contributed by atoms with E-state index in [9.17, 15) is 9.36 Å². The summed E-state index contributed by atoms with van der Waals surface area (Å²) >= 11 is 0. The van der Waals surface area contributed by atoms with E-state index in [0.717, 1.165) is 11.8 Å². The van der Waals surface area contributed by atoms with E-state index in [1.165, 1.54) is 0 Å². The summed E-state index contributed by atoms with van der Waals surface area (Å²) < 4.78 is 30.2. The van der Waals surface area contributed by atoms with Gasteiger partial charge in [-0.15, -0.1) is 0 Å². The maximum absolute atomic E-state index is 13.1. The maximum Gasteiger partial charge on any atom is 0.335 e. The van der Waals surface area contributed by atoms with Crippen molar-refractivity contribution in [3.8, 4) is 5.75 Å². The fraction of sp³-hybridized carbons (Fsp3) is 0.611. The van der Waals surface area contributed by atoms with Gasteiger partial charge in [0.25, 0.3) is 0 Å². The van der Waals surface area contributed by atoms with Crippen molar-refractivity contribution in [2.45, 2.75) is 59.7 Å². The Balaban J connectivity index is 2.82. The molecule has 6 heteroatoms. The molecule has 0 aliphatic heterocycles. The van der Waals surface area contributed by atoms with E-state index in [1.54, 1.807) is 12.1 Å². The summed E-state index contributed by atoms with van der Waals surface area (Å²) in [4.78, 5) is 10.9. The highest BCUT2D eigenvalue weighted by Gasteiger charge is 2.35. The molecule has 0 atom stereocenters. The van der Waals surface area contributed by atoms with Gasteiger partial charge in [-0.25, -0.2) is 0 Å². The van der Waals surface area contributed by atoms with Gasteiger partial charge in [0.15, 0.2) is 0 Å². The van der Waals surface area contributed by atoms with Crippen LogP contribution in [-0.2, 0) is 13.6 Å². The molecule has 0 fully saturated rings. The number of ether oxygens (including phenoxy) is 1. The minimum absolute atomic E-state index is 0.131. The molecule has 0 heterocycles. The van der Waals surface area contributed by atoms with Gasteiger partial charge >= 0.3 is 7.60 Å². The molecule has 0 bridgehead atoms. The Bertz CT molecular complexity index is 591. The lowest BCUT2D eigenvalue weighted by Crippen LogP contribution is -2.26. The van der Waals surface area contributed by atoms with E-state index in [4.69, 9.17) is 13.8 Å². The molecule has 5 nitrogen and oxygen atoms in total. The second-order valence-electron chi connectivity index (χ2n) is 7.73. The minimum Gasteiger partial charge on any atom is -0.493 e. The molecular weight excluding hydrogens is 327 g/mol. The molecular formula is C18H29O5P. The van der Waals surface area contributed by atoms with Gasteiger partial charge in [-0.1, -0.05) is 12.1 Å². The quantitative estimate of drug-likeness (QED) is 0.508. The molecule has 1 aromatic carbocycles. The van der Waals surface area contributed by atoms with Crippen molar-refractivity contribution in [1.82, 2.24) is 0 Å². The number of rotatable bonds is 7. The number of carbonyl (C=O) groups is 1. The second-order valence-corrected chi connectivity index (χ2v) is 9.77. The van der Waals surface area contributed by atoms with Crippen LogP contribution in [0.15, 0.2) is 18.2 Å². The van der Waals surface area contributed by atoms with E-state index in [0.29, 0.717) is 11.3 Å². The predicted molar refractivity (Wildman–Crippen MR) is 96.2 cm³/mol. The van der Waals surface area contributed by atoms with Crippen LogP contribution in [0.2, 0.25) is 0 Å². The molecule has 0 N–H and O–H groups in total. The number of hydrogen-bond donors (Lipinski definition) is 0. The molecule has 0 saturated carbocycles. The first-order valence-corrected chi connectivity index (χ1v) is 9.76. The van der Waals surface area contributed by atoms with Crippen molar-refractivity contribution in [3.63, 3.8) is 0 Å². The van der Waals surface area contributed by atoms with Gasteiger partial charge < -0.3 is 13.8 Å². The van der Waals surface area contributed by atoms with Crippen LogP contribution < -0.4 is 4.74 Å². The molecule has 136 valence electrons. The largest absolute Gasteiger partial charge is 0.493 e. The van der Waals surface area contributed by atoms with Crippen LogP contribution in [-0.4, -0.2) is 30.3 Å². The Morgan fingerprint density at radius 1 is 1.04 bits per heavy atom. The summed E-state index contributed by atoms with van der Waals surface area (Å²) in [5, 5.41) is 0. The lowest BCUT2D eigenvalue weighted by atomic mass is 10.1. The zero-order valence-electron chi connectivity index (χ0n) is 15.7. The zero-order valence-corrected chi connectivity index (χ0v) is 16.6. The molecule has 24 heavy (non-hydrogen) atoms. The fourth-order valence-electron chi connectivity index (χ4n) is 2.06. The van der Waals surface area contributed by atoms with E-state index in [2.05, 4.69) is 0 Å². The molecule has 0 aliphatic rings. The topological polar surface area (TPSA) is 61.8 Å². The first-order chi connectivity index (χ1) is 10.8. The van der Waals surface area contributed by atoms with Crippen molar-refractivity contribution < 1.29 is 23.1 Å². The third kappa shape index (κ3) is 7.61. The number of hydrogen-bond acceptors (Lipinski definition) is 5. The van der Waals surface area contributed by atoms with Crippen molar-refractivity contribution in [1.29, 1.82) is 0 Å². The van der Waals surface area contributed by atoms with Crippen LogP contribution >= 0.6 is 7.60 Å². The van der Waals surface area contributed by atoms with E-state index in [-0.39, 0.29) is 12.8 Å². The van der Waals surface area contributed by atoms with Crippen molar-refractivity contribution in [2.24, 2.45) is 0 Å². The summed E-state index contributed by atoms with van der Waals surface area (Å²) in [5.41, 5.74) is 0.266. The van der Waals surface area contributed by atoms with Crippen LogP contribution in [0.4, 0.5) is 0 Å². The molecule has 1 rings (SSSR count). The standard InChI is InChI=1S/C18H29O5P/c1-14-8-9-15(13-19)12-16(14)21-10-11-24(20,22-17(2,3)4)23-18(5,6)7/h8-9,12-13H,10-11H2,1-7H3. The Morgan fingerprint density at radius 2 is 1.58 bits per heavy atom. The smallest absolute Gasteiger partial charge is 0.335 e. The third-order valence-electron chi connectivity index (χ3n) is 2.80. The summed E-state index contributed by atoms with van der Waals surface area (Å²) in [6.07, 6.45) is 0.898. The summed E-state index contributed by atoms with van der Waals surface area (Å²) in [6, 6.07) is 5.21. The highest BCUT2D eigenvalue weighted by atomic mass is 31.2. The monoisotopic (exact) mass is 356 g/mol. The minimum atomic E-state index is -3.33. The fourth-order valence-corrected chi connectivity index (χ4v) is 4.26. The Morgan fingerprint density at radius 3 is 2.04 bits per heavy atom. The van der Waals surface area contributed by atoms with Gasteiger partial charge in [0, 0.05) is 5.56 Å². The van der Waals surface area contributed by atoms with Gasteiger partial charge in [0.2, 0.25) is 0 Å². The third-order valence-corrected chi connectivity index (χ3v) is 5.18. The molecule has 0 amide bonds. The molecule has 0 spiro atoms. The average molecular weight is 356 g/mol. The highest BCUT2D eigenvalue weighted by Crippen LogP contribution is 2.54. The zero-order chi connectivity index (χ0) is 18.6. The average Bonchev–Trinajstić information content (AvgIpc) is 2.36. The summed E-state index contributed by atoms with van der Waals surface area (Å²) in [5.74, 6) is 0.595. The van der Waals surface area contributed by atoms with Crippen LogP contribution in [0.3, 0.4) is 0 Å². The van der Waals surface area contributed by atoms with Crippen LogP contribution in [0, 0.1) is 6.92 Å². The number of carbonyl (C=O) groups excluding carboxylic acids is 1.